The summed E-state index contributed by atoms with van der Waals surface area (Å²) in [6.07, 6.45) is 2.34. The lowest BCUT2D eigenvalue weighted by Crippen LogP contribution is -2.20. The second kappa shape index (κ2) is 7.46. The Bertz CT molecular complexity index is 540. The number of hydrogen-bond donors (Lipinski definition) is 1. The maximum Gasteiger partial charge on any atom is 0.0457 e. The van der Waals surface area contributed by atoms with Gasteiger partial charge in [0.25, 0.3) is 0 Å². The molecule has 0 aliphatic carbocycles. The van der Waals surface area contributed by atoms with Crippen LogP contribution < -0.4 is 10.6 Å². The van der Waals surface area contributed by atoms with Crippen molar-refractivity contribution in [3.63, 3.8) is 0 Å². The van der Waals surface area contributed by atoms with E-state index in [1.54, 1.807) is 0 Å². The highest BCUT2D eigenvalue weighted by Crippen LogP contribution is 2.30. The van der Waals surface area contributed by atoms with Crippen LogP contribution in [0.15, 0.2) is 53.0 Å². The van der Waals surface area contributed by atoms with Crippen molar-refractivity contribution in [1.29, 1.82) is 0 Å². The fourth-order valence-electron chi connectivity index (χ4n) is 2.29. The molecule has 3 heteroatoms. The summed E-state index contributed by atoms with van der Waals surface area (Å²) >= 11 is 3.52. The lowest BCUT2D eigenvalue weighted by atomic mass is 10.1. The average Bonchev–Trinajstić information content (AvgIpc) is 2.49. The van der Waals surface area contributed by atoms with E-state index in [1.807, 2.05) is 6.07 Å². The average molecular weight is 333 g/mol. The molecule has 0 bridgehead atoms. The minimum atomic E-state index is 0.546. The zero-order valence-corrected chi connectivity index (χ0v) is 13.4. The Balaban J connectivity index is 2.41. The molecule has 0 aliphatic heterocycles. The summed E-state index contributed by atoms with van der Waals surface area (Å²) in [5.74, 6) is 0. The molecule has 0 amide bonds. The van der Waals surface area contributed by atoms with Crippen molar-refractivity contribution < 1.29 is 0 Å². The largest absolute Gasteiger partial charge is 0.341 e. The first-order chi connectivity index (χ1) is 9.76. The lowest BCUT2D eigenvalue weighted by molar-refractivity contribution is 0.782. The maximum atomic E-state index is 5.92. The van der Waals surface area contributed by atoms with Crippen molar-refractivity contribution in [2.24, 2.45) is 5.73 Å². The van der Waals surface area contributed by atoms with Gasteiger partial charge >= 0.3 is 0 Å². The van der Waals surface area contributed by atoms with Gasteiger partial charge in [-0.25, -0.2) is 0 Å². The van der Waals surface area contributed by atoms with Crippen LogP contribution >= 0.6 is 15.9 Å². The first-order valence-electron chi connectivity index (χ1n) is 7.07. The van der Waals surface area contributed by atoms with E-state index in [0.29, 0.717) is 6.54 Å². The van der Waals surface area contributed by atoms with Crippen LogP contribution in [0.1, 0.15) is 25.3 Å². The highest BCUT2D eigenvalue weighted by molar-refractivity contribution is 9.10. The molecule has 0 aromatic heterocycles. The number of halogens is 1. The standard InChI is InChI=1S/C17H21BrN2/c1-2-3-11-20(16-7-5-4-6-8-16)17-10-9-15(18)12-14(17)13-19/h4-10,12H,2-3,11,13,19H2,1H3. The predicted molar refractivity (Wildman–Crippen MR) is 90.4 cm³/mol. The molecule has 0 radical (unpaired) electrons. The van der Waals surface area contributed by atoms with Crippen molar-refractivity contribution in [1.82, 2.24) is 0 Å². The van der Waals surface area contributed by atoms with E-state index >= 15 is 0 Å². The summed E-state index contributed by atoms with van der Waals surface area (Å²) in [5.41, 5.74) is 9.51. The van der Waals surface area contributed by atoms with Crippen molar-refractivity contribution in [2.45, 2.75) is 26.3 Å². The minimum Gasteiger partial charge on any atom is -0.341 e. The van der Waals surface area contributed by atoms with Crippen LogP contribution in [0.5, 0.6) is 0 Å². The number of unbranched alkanes of at least 4 members (excludes halogenated alkanes) is 1. The van der Waals surface area contributed by atoms with Gasteiger partial charge in [-0.1, -0.05) is 47.5 Å². The third-order valence-corrected chi connectivity index (χ3v) is 3.85. The normalized spacial score (nSPS) is 10.6. The Morgan fingerprint density at radius 2 is 1.85 bits per heavy atom. The van der Waals surface area contributed by atoms with Gasteiger partial charge in [0.15, 0.2) is 0 Å². The van der Waals surface area contributed by atoms with E-state index in [9.17, 15) is 0 Å². The quantitative estimate of drug-likeness (QED) is 0.819. The molecule has 2 aromatic carbocycles. The van der Waals surface area contributed by atoms with Gasteiger partial charge in [0, 0.05) is 28.9 Å². The number of nitrogens with two attached hydrogens (primary N) is 1. The van der Waals surface area contributed by atoms with E-state index in [2.05, 4.69) is 70.2 Å². The Morgan fingerprint density at radius 3 is 2.50 bits per heavy atom. The fraction of sp³-hybridized carbons (Fsp3) is 0.294. The predicted octanol–water partition coefficient (Wildman–Crippen LogP) is 4.85. The van der Waals surface area contributed by atoms with Crippen LogP contribution in [0.3, 0.4) is 0 Å². The Kier molecular flexibility index (Phi) is 5.62. The van der Waals surface area contributed by atoms with E-state index in [-0.39, 0.29) is 0 Å². The summed E-state index contributed by atoms with van der Waals surface area (Å²) in [4.78, 5) is 2.36. The first-order valence-corrected chi connectivity index (χ1v) is 7.86. The smallest absolute Gasteiger partial charge is 0.0457 e. The molecular weight excluding hydrogens is 312 g/mol. The van der Waals surface area contributed by atoms with Gasteiger partial charge in [0.05, 0.1) is 0 Å². The molecule has 2 N–H and O–H groups in total. The molecule has 106 valence electrons. The van der Waals surface area contributed by atoms with E-state index in [0.717, 1.165) is 17.4 Å². The van der Waals surface area contributed by atoms with E-state index < -0.39 is 0 Å². The van der Waals surface area contributed by atoms with Gasteiger partial charge in [0.2, 0.25) is 0 Å². The fourth-order valence-corrected chi connectivity index (χ4v) is 2.70. The summed E-state index contributed by atoms with van der Waals surface area (Å²) in [6, 6.07) is 16.8. The Hall–Kier alpha value is -1.32. The number of benzene rings is 2. The number of para-hydroxylation sites is 1. The van der Waals surface area contributed by atoms with Crippen LogP contribution in [-0.2, 0) is 6.54 Å². The minimum absolute atomic E-state index is 0.546. The summed E-state index contributed by atoms with van der Waals surface area (Å²) < 4.78 is 1.07. The van der Waals surface area contributed by atoms with Gasteiger partial charge in [-0.05, 0) is 42.3 Å². The molecule has 0 saturated carbocycles. The molecule has 20 heavy (non-hydrogen) atoms. The highest BCUT2D eigenvalue weighted by Gasteiger charge is 2.12. The van der Waals surface area contributed by atoms with Crippen LogP contribution in [0, 0.1) is 0 Å². The molecule has 0 heterocycles. The SMILES string of the molecule is CCCCN(c1ccccc1)c1ccc(Br)cc1CN. The number of hydrogen-bond acceptors (Lipinski definition) is 2. The topological polar surface area (TPSA) is 29.3 Å². The zero-order valence-electron chi connectivity index (χ0n) is 11.8. The Morgan fingerprint density at radius 1 is 1.10 bits per heavy atom. The van der Waals surface area contributed by atoms with Crippen molar-refractivity contribution in [3.8, 4) is 0 Å². The second-order valence-electron chi connectivity index (χ2n) is 4.82. The molecule has 0 fully saturated rings. The molecule has 2 aromatic rings. The second-order valence-corrected chi connectivity index (χ2v) is 5.73. The van der Waals surface area contributed by atoms with Crippen molar-refractivity contribution in [3.05, 3.63) is 58.6 Å². The van der Waals surface area contributed by atoms with Gasteiger partial charge in [-0.15, -0.1) is 0 Å². The van der Waals surface area contributed by atoms with Crippen LogP contribution in [0.4, 0.5) is 11.4 Å². The van der Waals surface area contributed by atoms with Gasteiger partial charge in [0.1, 0.15) is 0 Å². The highest BCUT2D eigenvalue weighted by atomic mass is 79.9. The number of rotatable bonds is 6. The molecule has 0 spiro atoms. The summed E-state index contributed by atoms with van der Waals surface area (Å²) in [5, 5.41) is 0. The third-order valence-electron chi connectivity index (χ3n) is 3.36. The molecule has 2 rings (SSSR count). The van der Waals surface area contributed by atoms with Crippen molar-refractivity contribution >= 4 is 27.3 Å². The molecule has 0 unspecified atom stereocenters. The van der Waals surface area contributed by atoms with Crippen LogP contribution in [-0.4, -0.2) is 6.54 Å². The van der Waals surface area contributed by atoms with Gasteiger partial charge < -0.3 is 10.6 Å². The first kappa shape index (κ1) is 15.1. The Labute approximate surface area is 129 Å². The molecule has 0 saturated heterocycles. The van der Waals surface area contributed by atoms with Crippen molar-refractivity contribution in [2.75, 3.05) is 11.4 Å². The summed E-state index contributed by atoms with van der Waals surface area (Å²) in [7, 11) is 0. The van der Waals surface area contributed by atoms with E-state index in [1.165, 1.54) is 23.4 Å². The molecule has 2 nitrogen and oxygen atoms in total. The van der Waals surface area contributed by atoms with Gasteiger partial charge in [-0.3, -0.25) is 0 Å². The zero-order chi connectivity index (χ0) is 14.4. The lowest BCUT2D eigenvalue weighted by Gasteiger charge is -2.27. The molecule has 0 atom stereocenters. The third kappa shape index (κ3) is 3.62. The van der Waals surface area contributed by atoms with Crippen LogP contribution in [0.2, 0.25) is 0 Å². The number of anilines is 2. The van der Waals surface area contributed by atoms with E-state index in [4.69, 9.17) is 5.73 Å². The number of nitrogens with zero attached hydrogens (tertiary/aromatic N) is 1. The van der Waals surface area contributed by atoms with Gasteiger partial charge in [-0.2, -0.15) is 0 Å². The maximum absolute atomic E-state index is 5.92. The summed E-state index contributed by atoms with van der Waals surface area (Å²) in [6.45, 7) is 3.77. The monoisotopic (exact) mass is 332 g/mol. The molecular formula is C17H21BrN2. The van der Waals surface area contributed by atoms with Crippen LogP contribution in [0.25, 0.3) is 0 Å². The molecule has 0 aliphatic rings.